The summed E-state index contributed by atoms with van der Waals surface area (Å²) in [5, 5.41) is 17.1. The summed E-state index contributed by atoms with van der Waals surface area (Å²) in [4.78, 5) is 10.4. The molecule has 0 saturated carbocycles. The molecule has 4 aromatic heterocycles. The Balaban J connectivity index is 1.43. The second-order valence-corrected chi connectivity index (χ2v) is 7.99. The second-order valence-electron chi connectivity index (χ2n) is 6.26. The highest BCUT2D eigenvalue weighted by atomic mass is 32.1. The van der Waals surface area contributed by atoms with Gasteiger partial charge in [-0.3, -0.25) is 9.08 Å². The molecule has 0 aliphatic carbocycles. The third-order valence-corrected chi connectivity index (χ3v) is 6.12. The van der Waals surface area contributed by atoms with Crippen LogP contribution in [-0.4, -0.2) is 41.9 Å². The molecule has 1 atom stereocenters. The minimum atomic E-state index is 0.502. The van der Waals surface area contributed by atoms with Crippen LogP contribution in [0.4, 0.5) is 0 Å². The average Bonchev–Trinajstić information content (AvgIpc) is 3.37. The van der Waals surface area contributed by atoms with Crippen molar-refractivity contribution in [2.75, 3.05) is 6.54 Å². The van der Waals surface area contributed by atoms with E-state index in [-0.39, 0.29) is 0 Å². The molecular weight excluding hydrogens is 354 g/mol. The molecule has 128 valence electrons. The van der Waals surface area contributed by atoms with Gasteiger partial charge in [0.25, 0.3) is 0 Å². The second kappa shape index (κ2) is 6.01. The number of hydrogen-bond donors (Lipinski definition) is 1. The van der Waals surface area contributed by atoms with Crippen molar-refractivity contribution >= 4 is 27.6 Å². The van der Waals surface area contributed by atoms with Crippen LogP contribution in [0.25, 0.3) is 27.1 Å². The zero-order valence-electron chi connectivity index (χ0n) is 13.7. The first kappa shape index (κ1) is 15.2. The summed E-state index contributed by atoms with van der Waals surface area (Å²) in [7, 11) is 0. The van der Waals surface area contributed by atoms with Crippen LogP contribution in [0.2, 0.25) is 0 Å². The van der Waals surface area contributed by atoms with E-state index in [0.29, 0.717) is 6.04 Å². The van der Waals surface area contributed by atoms with E-state index >= 15 is 0 Å². The number of nitrogens with zero attached hydrogens (tertiary/aromatic N) is 6. The summed E-state index contributed by atoms with van der Waals surface area (Å²) in [6.45, 7) is 3.99. The summed E-state index contributed by atoms with van der Waals surface area (Å²) in [5.74, 6) is 0. The van der Waals surface area contributed by atoms with Crippen molar-refractivity contribution in [1.29, 1.82) is 0 Å². The van der Waals surface area contributed by atoms with E-state index in [1.165, 1.54) is 12.8 Å². The molecular formula is C16H17N7S2. The molecule has 1 N–H and O–H groups in total. The lowest BCUT2D eigenvalue weighted by Crippen LogP contribution is -2.26. The Morgan fingerprint density at radius 1 is 1.28 bits per heavy atom. The predicted octanol–water partition coefficient (Wildman–Crippen LogP) is 2.84. The van der Waals surface area contributed by atoms with Crippen LogP contribution in [0.15, 0.2) is 23.2 Å². The molecule has 1 fully saturated rings. The third kappa shape index (κ3) is 2.68. The molecule has 0 radical (unpaired) electrons. The van der Waals surface area contributed by atoms with Crippen molar-refractivity contribution in [2.45, 2.75) is 32.4 Å². The maximum absolute atomic E-state index is 4.79. The van der Waals surface area contributed by atoms with Crippen LogP contribution in [0.1, 0.15) is 18.5 Å². The van der Waals surface area contributed by atoms with E-state index in [2.05, 4.69) is 25.0 Å². The minimum Gasteiger partial charge on any atom is -0.312 e. The van der Waals surface area contributed by atoms with Gasteiger partial charge in [-0.15, -0.1) is 27.8 Å². The van der Waals surface area contributed by atoms with Crippen molar-refractivity contribution in [1.82, 2.24) is 34.7 Å². The Labute approximate surface area is 152 Å². The molecule has 9 heteroatoms. The molecule has 0 spiro atoms. The van der Waals surface area contributed by atoms with E-state index in [1.807, 2.05) is 34.8 Å². The van der Waals surface area contributed by atoms with Crippen molar-refractivity contribution in [3.8, 4) is 22.1 Å². The molecule has 1 aliphatic rings. The van der Waals surface area contributed by atoms with Gasteiger partial charge in [0.2, 0.25) is 0 Å². The van der Waals surface area contributed by atoms with Gasteiger partial charge in [-0.2, -0.15) is 0 Å². The zero-order valence-corrected chi connectivity index (χ0v) is 15.3. The molecule has 0 bridgehead atoms. The van der Waals surface area contributed by atoms with Crippen LogP contribution in [0.3, 0.4) is 0 Å². The first-order chi connectivity index (χ1) is 12.3. The lowest BCUT2D eigenvalue weighted by Gasteiger charge is -2.08. The number of rotatable bonds is 4. The number of aromatic nitrogens is 6. The van der Waals surface area contributed by atoms with Gasteiger partial charge in [0.05, 0.1) is 18.4 Å². The van der Waals surface area contributed by atoms with Crippen molar-refractivity contribution in [2.24, 2.45) is 0 Å². The highest BCUT2D eigenvalue weighted by Crippen LogP contribution is 2.31. The van der Waals surface area contributed by atoms with E-state index in [9.17, 15) is 0 Å². The fraction of sp³-hybridized carbons (Fsp3) is 0.375. The highest BCUT2D eigenvalue weighted by molar-refractivity contribution is 7.15. The Hall–Kier alpha value is -2.10. The van der Waals surface area contributed by atoms with Crippen LogP contribution in [0.5, 0.6) is 0 Å². The van der Waals surface area contributed by atoms with Crippen molar-refractivity contribution in [3.63, 3.8) is 0 Å². The Morgan fingerprint density at radius 3 is 3.12 bits per heavy atom. The summed E-state index contributed by atoms with van der Waals surface area (Å²) >= 11 is 3.26. The maximum atomic E-state index is 4.79. The lowest BCUT2D eigenvalue weighted by atomic mass is 10.2. The van der Waals surface area contributed by atoms with Crippen LogP contribution >= 0.6 is 22.7 Å². The number of aryl methyl sites for hydroxylation is 1. The molecule has 5 heterocycles. The Bertz CT molecular complexity index is 1020. The van der Waals surface area contributed by atoms with E-state index in [4.69, 9.17) is 4.98 Å². The van der Waals surface area contributed by atoms with E-state index in [0.717, 1.165) is 45.8 Å². The van der Waals surface area contributed by atoms with Gasteiger partial charge in [0, 0.05) is 23.0 Å². The van der Waals surface area contributed by atoms with Gasteiger partial charge in [0.1, 0.15) is 22.1 Å². The highest BCUT2D eigenvalue weighted by Gasteiger charge is 2.18. The Kier molecular flexibility index (Phi) is 3.65. The third-order valence-electron chi connectivity index (χ3n) is 4.51. The van der Waals surface area contributed by atoms with Gasteiger partial charge in [-0.1, -0.05) is 5.21 Å². The van der Waals surface area contributed by atoms with E-state index < -0.39 is 0 Å². The molecule has 1 aliphatic heterocycles. The summed E-state index contributed by atoms with van der Waals surface area (Å²) < 4.78 is 4.02. The number of thiazole rings is 2. The van der Waals surface area contributed by atoms with Crippen molar-refractivity contribution < 1.29 is 0 Å². The van der Waals surface area contributed by atoms with Crippen LogP contribution < -0.4 is 5.32 Å². The molecule has 0 amide bonds. The van der Waals surface area contributed by atoms with Gasteiger partial charge in [-0.05, 0) is 26.3 Å². The minimum absolute atomic E-state index is 0.502. The molecule has 0 aromatic carbocycles. The maximum Gasteiger partial charge on any atom is 0.194 e. The topological polar surface area (TPSA) is 72.9 Å². The van der Waals surface area contributed by atoms with E-state index in [1.54, 1.807) is 22.7 Å². The monoisotopic (exact) mass is 371 g/mol. The largest absolute Gasteiger partial charge is 0.312 e. The molecule has 7 nitrogen and oxygen atoms in total. The lowest BCUT2D eigenvalue weighted by molar-refractivity contribution is 0.466. The first-order valence-corrected chi connectivity index (χ1v) is 10.1. The number of nitrogens with one attached hydrogen (secondary N) is 1. The normalized spacial score (nSPS) is 17.7. The van der Waals surface area contributed by atoms with Crippen LogP contribution in [0, 0.1) is 6.92 Å². The number of imidazole rings is 1. The quantitative estimate of drug-likeness (QED) is 0.597. The molecule has 1 saturated heterocycles. The summed E-state index contributed by atoms with van der Waals surface area (Å²) in [6, 6.07) is 0.502. The van der Waals surface area contributed by atoms with Crippen LogP contribution in [-0.2, 0) is 6.54 Å². The standard InChI is InChI=1S/C16H17N7S2/c1-10-14(23-5-6-24-16(23)18-10)15-19-13(9-25-15)12-8-22(21-20-12)7-11-3-2-4-17-11/h5-6,8-9,11,17H,2-4,7H2,1H3/t11-/m0/s1. The Morgan fingerprint density at radius 2 is 2.24 bits per heavy atom. The predicted molar refractivity (Wildman–Crippen MR) is 99.0 cm³/mol. The van der Waals surface area contributed by atoms with Gasteiger partial charge < -0.3 is 5.32 Å². The van der Waals surface area contributed by atoms with Crippen molar-refractivity contribution in [3.05, 3.63) is 28.8 Å². The van der Waals surface area contributed by atoms with Gasteiger partial charge in [0.15, 0.2) is 4.96 Å². The molecule has 4 aromatic rings. The molecule has 25 heavy (non-hydrogen) atoms. The average molecular weight is 371 g/mol. The summed E-state index contributed by atoms with van der Waals surface area (Å²) in [5.41, 5.74) is 3.76. The van der Waals surface area contributed by atoms with Gasteiger partial charge >= 0.3 is 0 Å². The number of fused-ring (bicyclic) bond motifs is 1. The molecule has 5 rings (SSSR count). The fourth-order valence-corrected chi connectivity index (χ4v) is 4.96. The summed E-state index contributed by atoms with van der Waals surface area (Å²) in [6.07, 6.45) is 6.47. The first-order valence-electron chi connectivity index (χ1n) is 8.30. The molecule has 0 unspecified atom stereocenters. The fourth-order valence-electron chi connectivity index (χ4n) is 3.30. The number of hydrogen-bond acceptors (Lipinski definition) is 7. The SMILES string of the molecule is Cc1nc2sccn2c1-c1nc(-c2cn(C[C@@H]3CCCN3)nn2)cs1. The smallest absolute Gasteiger partial charge is 0.194 e. The zero-order chi connectivity index (χ0) is 16.8. The van der Waals surface area contributed by atoms with Gasteiger partial charge in [-0.25, -0.2) is 9.97 Å².